The fourth-order valence-corrected chi connectivity index (χ4v) is 3.40. The molecular formula is C13H20N4O3S. The fraction of sp³-hybridized carbons (Fsp3) is 0.538. The molecule has 0 spiro atoms. The van der Waals surface area contributed by atoms with Crippen LogP contribution >= 0.6 is 0 Å². The zero-order valence-electron chi connectivity index (χ0n) is 12.0. The van der Waals surface area contributed by atoms with E-state index in [1.54, 1.807) is 6.07 Å². The summed E-state index contributed by atoms with van der Waals surface area (Å²) in [6.45, 7) is 3.51. The van der Waals surface area contributed by atoms with Crippen LogP contribution in [0.5, 0.6) is 0 Å². The Bertz CT molecular complexity index is 586. The van der Waals surface area contributed by atoms with Crippen molar-refractivity contribution in [2.75, 3.05) is 31.5 Å². The Morgan fingerprint density at radius 2 is 2.24 bits per heavy atom. The minimum Gasteiger partial charge on any atom is -0.370 e. The van der Waals surface area contributed by atoms with E-state index in [4.69, 9.17) is 0 Å². The standard InChI is InChI=1S/C13H20N4O3S/c1-2-6-14-12-5-4-11(9-16-12)21(19,20)17-8-3-7-15-13(18)10-17/h4-5,9H,2-3,6-8,10H2,1H3,(H,14,16)(H,15,18). The van der Waals surface area contributed by atoms with E-state index in [0.717, 1.165) is 13.0 Å². The van der Waals surface area contributed by atoms with Gasteiger partial charge in [-0.1, -0.05) is 6.92 Å². The molecule has 0 aliphatic carbocycles. The number of carbonyl (C=O) groups excluding carboxylic acids is 1. The Kier molecular flexibility index (Phi) is 5.13. The predicted octanol–water partition coefficient (Wildman–Crippen LogP) is 0.414. The summed E-state index contributed by atoms with van der Waals surface area (Å²) in [4.78, 5) is 15.7. The van der Waals surface area contributed by atoms with Crippen molar-refractivity contribution < 1.29 is 13.2 Å². The molecule has 1 aliphatic rings. The van der Waals surface area contributed by atoms with Crippen LogP contribution < -0.4 is 10.6 Å². The maximum Gasteiger partial charge on any atom is 0.245 e. The molecule has 0 saturated carbocycles. The molecule has 8 heteroatoms. The second kappa shape index (κ2) is 6.86. The molecule has 0 aromatic carbocycles. The summed E-state index contributed by atoms with van der Waals surface area (Å²) in [7, 11) is -3.67. The first-order valence-electron chi connectivity index (χ1n) is 7.01. The van der Waals surface area contributed by atoms with E-state index in [2.05, 4.69) is 15.6 Å². The number of nitrogens with zero attached hydrogens (tertiary/aromatic N) is 2. The Labute approximate surface area is 124 Å². The van der Waals surface area contributed by atoms with Gasteiger partial charge in [0.15, 0.2) is 0 Å². The average molecular weight is 312 g/mol. The molecule has 2 heterocycles. The number of nitrogens with one attached hydrogen (secondary N) is 2. The largest absolute Gasteiger partial charge is 0.370 e. The quantitative estimate of drug-likeness (QED) is 0.822. The van der Waals surface area contributed by atoms with Gasteiger partial charge in [0.25, 0.3) is 0 Å². The molecular weight excluding hydrogens is 292 g/mol. The molecule has 1 aliphatic heterocycles. The molecule has 0 atom stereocenters. The summed E-state index contributed by atoms with van der Waals surface area (Å²) >= 11 is 0. The number of sulfonamides is 1. The van der Waals surface area contributed by atoms with Crippen LogP contribution in [0.3, 0.4) is 0 Å². The number of pyridine rings is 1. The number of rotatable bonds is 5. The third-order valence-electron chi connectivity index (χ3n) is 3.16. The van der Waals surface area contributed by atoms with E-state index in [-0.39, 0.29) is 17.3 Å². The first-order chi connectivity index (χ1) is 10.0. The van der Waals surface area contributed by atoms with Gasteiger partial charge in [0.2, 0.25) is 15.9 Å². The summed E-state index contributed by atoms with van der Waals surface area (Å²) in [5.41, 5.74) is 0. The maximum absolute atomic E-state index is 12.5. The lowest BCUT2D eigenvalue weighted by atomic mass is 10.4. The average Bonchev–Trinajstić information content (AvgIpc) is 2.70. The van der Waals surface area contributed by atoms with E-state index >= 15 is 0 Å². The first kappa shape index (κ1) is 15.7. The topological polar surface area (TPSA) is 91.4 Å². The van der Waals surface area contributed by atoms with Gasteiger partial charge >= 0.3 is 0 Å². The molecule has 0 unspecified atom stereocenters. The van der Waals surface area contributed by atoms with Crippen LogP contribution in [0.25, 0.3) is 0 Å². The molecule has 1 aromatic heterocycles. The van der Waals surface area contributed by atoms with Gasteiger partial charge in [0.1, 0.15) is 10.7 Å². The summed E-state index contributed by atoms with van der Waals surface area (Å²) in [6.07, 6.45) is 2.90. The third kappa shape index (κ3) is 3.92. The zero-order chi connectivity index (χ0) is 15.3. The van der Waals surface area contributed by atoms with Crippen LogP contribution in [0.4, 0.5) is 5.82 Å². The number of hydrogen-bond donors (Lipinski definition) is 2. The molecule has 0 bridgehead atoms. The summed E-state index contributed by atoms with van der Waals surface area (Å²) in [6, 6.07) is 3.16. The van der Waals surface area contributed by atoms with Gasteiger partial charge < -0.3 is 10.6 Å². The van der Waals surface area contributed by atoms with Crippen molar-refractivity contribution in [1.82, 2.24) is 14.6 Å². The second-order valence-electron chi connectivity index (χ2n) is 4.85. The van der Waals surface area contributed by atoms with Gasteiger partial charge in [-0.25, -0.2) is 13.4 Å². The second-order valence-corrected chi connectivity index (χ2v) is 6.79. The number of aromatic nitrogens is 1. The van der Waals surface area contributed by atoms with Crippen LogP contribution in [0, 0.1) is 0 Å². The highest BCUT2D eigenvalue weighted by Crippen LogP contribution is 2.17. The number of anilines is 1. The molecule has 21 heavy (non-hydrogen) atoms. The minimum atomic E-state index is -3.67. The van der Waals surface area contributed by atoms with E-state index in [9.17, 15) is 13.2 Å². The fourth-order valence-electron chi connectivity index (χ4n) is 2.02. The maximum atomic E-state index is 12.5. The van der Waals surface area contributed by atoms with Gasteiger partial charge in [0.05, 0.1) is 6.54 Å². The normalized spacial score (nSPS) is 17.1. The minimum absolute atomic E-state index is 0.110. The molecule has 1 fully saturated rings. The van der Waals surface area contributed by atoms with Crippen molar-refractivity contribution in [3.8, 4) is 0 Å². The highest BCUT2D eigenvalue weighted by molar-refractivity contribution is 7.89. The van der Waals surface area contributed by atoms with E-state index in [1.807, 2.05) is 6.92 Å². The van der Waals surface area contributed by atoms with Crippen LogP contribution in [0.2, 0.25) is 0 Å². The van der Waals surface area contributed by atoms with E-state index in [1.165, 1.54) is 16.6 Å². The lowest BCUT2D eigenvalue weighted by molar-refractivity contribution is -0.120. The SMILES string of the molecule is CCCNc1ccc(S(=O)(=O)N2CCCNC(=O)C2)cn1. The van der Waals surface area contributed by atoms with Gasteiger partial charge in [-0.3, -0.25) is 4.79 Å². The lowest BCUT2D eigenvalue weighted by Gasteiger charge is -2.18. The Morgan fingerprint density at radius 3 is 2.90 bits per heavy atom. The van der Waals surface area contributed by atoms with Crippen molar-refractivity contribution in [3.63, 3.8) is 0 Å². The number of carbonyl (C=O) groups is 1. The third-order valence-corrected chi connectivity index (χ3v) is 4.99. The Balaban J connectivity index is 2.16. The lowest BCUT2D eigenvalue weighted by Crippen LogP contribution is -2.37. The summed E-state index contributed by atoms with van der Waals surface area (Å²) in [5, 5.41) is 5.75. The monoisotopic (exact) mass is 312 g/mol. The van der Waals surface area contributed by atoms with Gasteiger partial charge in [-0.05, 0) is 25.0 Å². The highest BCUT2D eigenvalue weighted by atomic mass is 32.2. The van der Waals surface area contributed by atoms with Crippen molar-refractivity contribution in [1.29, 1.82) is 0 Å². The summed E-state index contributed by atoms with van der Waals surface area (Å²) in [5.74, 6) is 0.370. The van der Waals surface area contributed by atoms with Gasteiger partial charge in [0, 0.05) is 25.8 Å². The van der Waals surface area contributed by atoms with Crippen molar-refractivity contribution in [3.05, 3.63) is 18.3 Å². The number of amides is 1. The van der Waals surface area contributed by atoms with E-state index in [0.29, 0.717) is 25.3 Å². The molecule has 2 N–H and O–H groups in total. The van der Waals surface area contributed by atoms with Crippen LogP contribution in [-0.2, 0) is 14.8 Å². The van der Waals surface area contributed by atoms with Crippen molar-refractivity contribution in [2.24, 2.45) is 0 Å². The molecule has 1 saturated heterocycles. The first-order valence-corrected chi connectivity index (χ1v) is 8.45. The van der Waals surface area contributed by atoms with Gasteiger partial charge in [-0.15, -0.1) is 0 Å². The molecule has 2 rings (SSSR count). The molecule has 1 aromatic rings. The summed E-state index contributed by atoms with van der Waals surface area (Å²) < 4.78 is 26.2. The molecule has 1 amide bonds. The molecule has 7 nitrogen and oxygen atoms in total. The van der Waals surface area contributed by atoms with Crippen LogP contribution in [0.15, 0.2) is 23.2 Å². The zero-order valence-corrected chi connectivity index (χ0v) is 12.8. The smallest absolute Gasteiger partial charge is 0.245 e. The van der Waals surface area contributed by atoms with Crippen LogP contribution in [0.1, 0.15) is 19.8 Å². The number of hydrogen-bond acceptors (Lipinski definition) is 5. The van der Waals surface area contributed by atoms with Gasteiger partial charge in [-0.2, -0.15) is 4.31 Å². The predicted molar refractivity (Wildman–Crippen MR) is 79.4 cm³/mol. The van der Waals surface area contributed by atoms with Crippen LogP contribution in [-0.4, -0.2) is 49.8 Å². The Morgan fingerprint density at radius 1 is 1.43 bits per heavy atom. The highest BCUT2D eigenvalue weighted by Gasteiger charge is 2.28. The Hall–Kier alpha value is -1.67. The van der Waals surface area contributed by atoms with E-state index < -0.39 is 10.0 Å². The molecule has 116 valence electrons. The van der Waals surface area contributed by atoms with Crippen molar-refractivity contribution >= 4 is 21.7 Å². The molecule has 0 radical (unpaired) electrons. The van der Waals surface area contributed by atoms with Crippen molar-refractivity contribution in [2.45, 2.75) is 24.7 Å².